The van der Waals surface area contributed by atoms with Crippen molar-refractivity contribution in [1.82, 2.24) is 14.8 Å². The van der Waals surface area contributed by atoms with Crippen molar-refractivity contribution in [3.8, 4) is 0 Å². The maximum atomic E-state index is 13.1. The van der Waals surface area contributed by atoms with Gasteiger partial charge in [0.1, 0.15) is 11.6 Å². The molecule has 2 aromatic rings. The third kappa shape index (κ3) is 2.74. The molecule has 0 fully saturated rings. The molecule has 0 spiro atoms. The number of aromatic nitrogens is 3. The third-order valence-corrected chi connectivity index (χ3v) is 2.71. The Hall–Kier alpha value is -1.62. The van der Waals surface area contributed by atoms with E-state index in [1.165, 1.54) is 12.1 Å². The summed E-state index contributed by atoms with van der Waals surface area (Å²) in [5.41, 5.74) is 0.621. The zero-order valence-electron chi connectivity index (χ0n) is 9.54. The van der Waals surface area contributed by atoms with E-state index >= 15 is 0 Å². The number of hydrogen-bond acceptors (Lipinski definition) is 3. The minimum absolute atomic E-state index is 0.363. The number of halogens is 2. The molecule has 1 heterocycles. The van der Waals surface area contributed by atoms with Crippen LogP contribution >= 0.6 is 11.6 Å². The van der Waals surface area contributed by atoms with E-state index in [4.69, 9.17) is 11.6 Å². The van der Waals surface area contributed by atoms with Crippen molar-refractivity contribution in [2.24, 2.45) is 7.05 Å². The van der Waals surface area contributed by atoms with Crippen molar-refractivity contribution in [2.75, 3.05) is 5.32 Å². The lowest BCUT2D eigenvalue weighted by atomic mass is 10.3. The molecule has 6 heteroatoms. The fraction of sp³-hybridized carbons (Fsp3) is 0.273. The quantitative estimate of drug-likeness (QED) is 0.915. The van der Waals surface area contributed by atoms with Gasteiger partial charge in [0, 0.05) is 17.8 Å². The van der Waals surface area contributed by atoms with Gasteiger partial charge in [-0.05, 0) is 25.1 Å². The van der Waals surface area contributed by atoms with E-state index in [2.05, 4.69) is 15.5 Å². The SMILES string of the molecule is Cc1nnc(CNc2cc(F)cc(Cl)c2)n1C. The monoisotopic (exact) mass is 254 g/mol. The molecule has 2 rings (SSSR count). The zero-order valence-corrected chi connectivity index (χ0v) is 10.3. The molecule has 1 N–H and O–H groups in total. The van der Waals surface area contributed by atoms with Crippen LogP contribution in [0.3, 0.4) is 0 Å². The molecule has 1 aromatic heterocycles. The Bertz CT molecular complexity index is 518. The van der Waals surface area contributed by atoms with E-state index < -0.39 is 0 Å². The Balaban J connectivity index is 2.09. The van der Waals surface area contributed by atoms with Crippen molar-refractivity contribution in [3.05, 3.63) is 40.7 Å². The first-order valence-corrected chi connectivity index (χ1v) is 5.49. The van der Waals surface area contributed by atoms with Crippen LogP contribution in [0.25, 0.3) is 0 Å². The highest BCUT2D eigenvalue weighted by molar-refractivity contribution is 6.30. The maximum absolute atomic E-state index is 13.1. The molecule has 0 aliphatic heterocycles. The van der Waals surface area contributed by atoms with Crippen molar-refractivity contribution in [2.45, 2.75) is 13.5 Å². The van der Waals surface area contributed by atoms with Gasteiger partial charge in [0.15, 0.2) is 5.82 Å². The van der Waals surface area contributed by atoms with Gasteiger partial charge in [-0.1, -0.05) is 11.6 Å². The van der Waals surface area contributed by atoms with Crippen LogP contribution in [0.1, 0.15) is 11.6 Å². The zero-order chi connectivity index (χ0) is 12.4. The summed E-state index contributed by atoms with van der Waals surface area (Å²) in [7, 11) is 1.88. The normalized spacial score (nSPS) is 10.6. The van der Waals surface area contributed by atoms with E-state index in [1.807, 2.05) is 18.5 Å². The van der Waals surface area contributed by atoms with E-state index in [9.17, 15) is 4.39 Å². The van der Waals surface area contributed by atoms with Crippen LogP contribution in [0.2, 0.25) is 5.02 Å². The standard InChI is InChI=1S/C11H12ClFN4/c1-7-15-16-11(17(7)2)6-14-10-4-8(12)3-9(13)5-10/h3-5,14H,6H2,1-2H3. The van der Waals surface area contributed by atoms with Crippen molar-refractivity contribution >= 4 is 17.3 Å². The highest BCUT2D eigenvalue weighted by Crippen LogP contribution is 2.18. The molecule has 0 unspecified atom stereocenters. The lowest BCUT2D eigenvalue weighted by Gasteiger charge is -2.06. The predicted molar refractivity (Wildman–Crippen MR) is 64.5 cm³/mol. The second-order valence-electron chi connectivity index (χ2n) is 3.73. The highest BCUT2D eigenvalue weighted by Gasteiger charge is 2.05. The molecule has 0 radical (unpaired) electrons. The number of anilines is 1. The number of benzene rings is 1. The van der Waals surface area contributed by atoms with Gasteiger partial charge in [-0.2, -0.15) is 0 Å². The highest BCUT2D eigenvalue weighted by atomic mass is 35.5. The molecule has 1 aromatic carbocycles. The first-order chi connectivity index (χ1) is 8.06. The summed E-state index contributed by atoms with van der Waals surface area (Å²) in [6.07, 6.45) is 0. The molecular formula is C11H12ClFN4. The Labute approximate surface area is 103 Å². The van der Waals surface area contributed by atoms with E-state index in [0.717, 1.165) is 11.6 Å². The van der Waals surface area contributed by atoms with Gasteiger partial charge in [-0.25, -0.2) is 4.39 Å². The third-order valence-electron chi connectivity index (χ3n) is 2.50. The van der Waals surface area contributed by atoms with Crippen LogP contribution in [0.5, 0.6) is 0 Å². The second kappa shape index (κ2) is 4.71. The largest absolute Gasteiger partial charge is 0.378 e. The maximum Gasteiger partial charge on any atom is 0.152 e. The summed E-state index contributed by atoms with van der Waals surface area (Å²) < 4.78 is 14.9. The van der Waals surface area contributed by atoms with Gasteiger partial charge in [-0.3, -0.25) is 0 Å². The molecule has 0 saturated carbocycles. The van der Waals surface area contributed by atoms with E-state index in [1.54, 1.807) is 6.07 Å². The first-order valence-electron chi connectivity index (χ1n) is 5.11. The van der Waals surface area contributed by atoms with Crippen LogP contribution in [-0.4, -0.2) is 14.8 Å². The molecule has 0 aliphatic rings. The van der Waals surface area contributed by atoms with Crippen LogP contribution in [0.15, 0.2) is 18.2 Å². The van der Waals surface area contributed by atoms with Crippen LogP contribution in [-0.2, 0) is 13.6 Å². The molecule has 0 bridgehead atoms. The Kier molecular flexibility index (Phi) is 3.28. The van der Waals surface area contributed by atoms with Crippen molar-refractivity contribution in [3.63, 3.8) is 0 Å². The molecule has 90 valence electrons. The average molecular weight is 255 g/mol. The minimum atomic E-state index is -0.367. The summed E-state index contributed by atoms with van der Waals surface area (Å²) in [6, 6.07) is 4.31. The molecule has 0 amide bonds. The smallest absolute Gasteiger partial charge is 0.152 e. The summed E-state index contributed by atoms with van der Waals surface area (Å²) in [6.45, 7) is 2.34. The van der Waals surface area contributed by atoms with Gasteiger partial charge in [0.05, 0.1) is 6.54 Å². The number of nitrogens with zero attached hydrogens (tertiary/aromatic N) is 3. The van der Waals surface area contributed by atoms with Crippen LogP contribution < -0.4 is 5.32 Å². The Morgan fingerprint density at radius 2 is 2.12 bits per heavy atom. The minimum Gasteiger partial charge on any atom is -0.378 e. The fourth-order valence-electron chi connectivity index (χ4n) is 1.44. The van der Waals surface area contributed by atoms with Gasteiger partial charge in [0.25, 0.3) is 0 Å². The van der Waals surface area contributed by atoms with Crippen LogP contribution in [0, 0.1) is 12.7 Å². The predicted octanol–water partition coefficient (Wildman–Crippen LogP) is 2.53. The summed E-state index contributed by atoms with van der Waals surface area (Å²) in [5, 5.41) is 11.3. The van der Waals surface area contributed by atoms with E-state index in [-0.39, 0.29) is 5.82 Å². The summed E-state index contributed by atoms with van der Waals surface area (Å²) >= 11 is 5.75. The van der Waals surface area contributed by atoms with Gasteiger partial charge < -0.3 is 9.88 Å². The first kappa shape index (κ1) is 11.9. The molecular weight excluding hydrogens is 243 g/mol. The lowest BCUT2D eigenvalue weighted by Crippen LogP contribution is -2.06. The fourth-order valence-corrected chi connectivity index (χ4v) is 1.66. The van der Waals surface area contributed by atoms with Crippen molar-refractivity contribution in [1.29, 1.82) is 0 Å². The Morgan fingerprint density at radius 1 is 1.35 bits per heavy atom. The molecule has 0 saturated heterocycles. The molecule has 0 atom stereocenters. The number of rotatable bonds is 3. The number of hydrogen-bond donors (Lipinski definition) is 1. The lowest BCUT2D eigenvalue weighted by molar-refractivity contribution is 0.628. The molecule has 17 heavy (non-hydrogen) atoms. The van der Waals surface area contributed by atoms with Gasteiger partial charge >= 0.3 is 0 Å². The van der Waals surface area contributed by atoms with Crippen LogP contribution in [0.4, 0.5) is 10.1 Å². The number of nitrogens with one attached hydrogen (secondary N) is 1. The van der Waals surface area contributed by atoms with Crippen molar-refractivity contribution < 1.29 is 4.39 Å². The van der Waals surface area contributed by atoms with E-state index in [0.29, 0.717) is 17.3 Å². The van der Waals surface area contributed by atoms with Gasteiger partial charge in [-0.15, -0.1) is 10.2 Å². The molecule has 0 aliphatic carbocycles. The average Bonchev–Trinajstić information content (AvgIpc) is 2.56. The second-order valence-corrected chi connectivity index (χ2v) is 4.17. The summed E-state index contributed by atoms with van der Waals surface area (Å²) in [5.74, 6) is 1.25. The Morgan fingerprint density at radius 3 is 2.71 bits per heavy atom. The topological polar surface area (TPSA) is 42.7 Å². The van der Waals surface area contributed by atoms with Gasteiger partial charge in [0.2, 0.25) is 0 Å². The number of aryl methyl sites for hydroxylation is 1. The summed E-state index contributed by atoms with van der Waals surface area (Å²) in [4.78, 5) is 0. The molecule has 4 nitrogen and oxygen atoms in total.